The van der Waals surface area contributed by atoms with Crippen LogP contribution in [0.2, 0.25) is 0 Å². The van der Waals surface area contributed by atoms with Crippen molar-refractivity contribution in [3.8, 4) is 17.2 Å². The van der Waals surface area contributed by atoms with Gasteiger partial charge in [-0.1, -0.05) is 43.3 Å². The molecule has 0 saturated carbocycles. The smallest absolute Gasteiger partial charge is 0.262 e. The zero-order valence-corrected chi connectivity index (χ0v) is 35.2. The number of imide groups is 2. The molecule has 4 heterocycles. The van der Waals surface area contributed by atoms with Gasteiger partial charge in [0.2, 0.25) is 11.8 Å². The highest BCUT2D eigenvalue weighted by atomic mass is 16.5. The van der Waals surface area contributed by atoms with Gasteiger partial charge in [0.25, 0.3) is 11.8 Å². The highest BCUT2D eigenvalue weighted by molar-refractivity contribution is 6.23. The third kappa shape index (κ3) is 8.92. The molecule has 4 aromatic rings. The van der Waals surface area contributed by atoms with Gasteiger partial charge in [-0.25, -0.2) is 0 Å². The zero-order chi connectivity index (χ0) is 42.8. The second kappa shape index (κ2) is 17.9. The Labute approximate surface area is 357 Å². The molecule has 318 valence electrons. The molecule has 0 aliphatic carbocycles. The zero-order valence-electron chi connectivity index (χ0n) is 35.2. The predicted octanol–water partition coefficient (Wildman–Crippen LogP) is 6.56. The number of piperazine rings is 1. The number of rotatable bonds is 12. The Morgan fingerprint density at radius 3 is 1.92 bits per heavy atom. The van der Waals surface area contributed by atoms with Gasteiger partial charge in [0, 0.05) is 50.4 Å². The van der Waals surface area contributed by atoms with E-state index >= 15 is 0 Å². The summed E-state index contributed by atoms with van der Waals surface area (Å²) < 4.78 is 6.25. The minimum atomic E-state index is -0.977. The van der Waals surface area contributed by atoms with Gasteiger partial charge >= 0.3 is 0 Å². The second-order valence-electron chi connectivity index (χ2n) is 17.0. The molecule has 3 atom stereocenters. The monoisotopic (exact) mass is 825 g/mol. The molecule has 3 fully saturated rings. The van der Waals surface area contributed by atoms with Crippen LogP contribution in [0.25, 0.3) is 11.1 Å². The van der Waals surface area contributed by atoms with Crippen LogP contribution in [0.4, 0.5) is 5.69 Å². The molecule has 12 heteroatoms. The third-order valence-electron chi connectivity index (χ3n) is 12.8. The number of allylic oxidation sites excluding steroid dienone is 1. The largest absolute Gasteiger partial charge is 0.508 e. The second-order valence-corrected chi connectivity index (χ2v) is 17.0. The average molecular weight is 826 g/mol. The number of piperidine rings is 2. The first-order valence-corrected chi connectivity index (χ1v) is 21.6. The highest BCUT2D eigenvalue weighted by Gasteiger charge is 2.45. The molecule has 61 heavy (non-hydrogen) atoms. The number of phenolic OH excluding ortho intramolecular Hbond substituents is 2. The van der Waals surface area contributed by atoms with E-state index in [4.69, 9.17) is 4.74 Å². The SMILES string of the molecule is CCC(=C(c1ccc(O)cc1)c1ccc(OCCN2CCC(CN3CC(C)N(c4ccc5c(c4)C(=O)N(C4CCC(=O)NC4=O)C5=O)C(C)C3)CC2)cc1)c1ccc(O)cc1. The lowest BCUT2D eigenvalue weighted by atomic mass is 9.88. The van der Waals surface area contributed by atoms with Crippen molar-refractivity contribution in [1.82, 2.24) is 20.0 Å². The fourth-order valence-electron chi connectivity index (χ4n) is 9.81. The number of phenols is 2. The standard InChI is InChI=1S/C49H55N5O7/c1-4-41(34-5-12-38(55)13-6-34)46(35-7-14-39(56)15-8-35)36-9-16-40(17-10-36)61-26-25-51-23-21-33(22-24-51)30-52-28-31(2)53(32(3)29-52)37-11-18-42-43(27-37)49(60)54(48(42)59)44-19-20-45(57)50-47(44)58/h5-18,27,31-33,44,55-56H,4,19-26,28-30H2,1-3H3,(H,50,57,58). The molecular formula is C49H55N5O7. The molecule has 3 N–H and O–H groups in total. The van der Waals surface area contributed by atoms with Crippen LogP contribution in [0.1, 0.15) is 90.3 Å². The van der Waals surface area contributed by atoms with Crippen LogP contribution in [0.3, 0.4) is 0 Å². The van der Waals surface area contributed by atoms with E-state index in [2.05, 4.69) is 52.9 Å². The van der Waals surface area contributed by atoms with Gasteiger partial charge in [-0.2, -0.15) is 0 Å². The summed E-state index contributed by atoms with van der Waals surface area (Å²) in [7, 11) is 0. The number of amides is 4. The molecule has 0 aromatic heterocycles. The molecule has 0 bridgehead atoms. The van der Waals surface area contributed by atoms with Crippen LogP contribution < -0.4 is 15.0 Å². The van der Waals surface area contributed by atoms with Gasteiger partial charge in [0.05, 0.1) is 11.1 Å². The maximum Gasteiger partial charge on any atom is 0.262 e. The Morgan fingerprint density at radius 2 is 1.31 bits per heavy atom. The van der Waals surface area contributed by atoms with E-state index < -0.39 is 23.8 Å². The molecule has 8 rings (SSSR count). The number of fused-ring (bicyclic) bond motifs is 1. The number of carbonyl (C=O) groups excluding carboxylic acids is 4. The molecule has 0 radical (unpaired) electrons. The number of hydrogen-bond donors (Lipinski definition) is 3. The summed E-state index contributed by atoms with van der Waals surface area (Å²) in [4.78, 5) is 59.4. The molecule has 0 spiro atoms. The van der Waals surface area contributed by atoms with Crippen LogP contribution in [0.15, 0.2) is 91.0 Å². The van der Waals surface area contributed by atoms with E-state index in [-0.39, 0.29) is 42.3 Å². The highest BCUT2D eigenvalue weighted by Crippen LogP contribution is 2.37. The fraction of sp³-hybridized carbons (Fsp3) is 0.388. The summed E-state index contributed by atoms with van der Waals surface area (Å²) in [5, 5.41) is 22.1. The van der Waals surface area contributed by atoms with Gasteiger partial charge in [0.1, 0.15) is 29.9 Å². The van der Waals surface area contributed by atoms with E-state index in [0.717, 1.165) is 103 Å². The molecule has 4 aromatic carbocycles. The van der Waals surface area contributed by atoms with Gasteiger partial charge < -0.3 is 19.8 Å². The number of benzene rings is 4. The van der Waals surface area contributed by atoms with E-state index in [1.165, 1.54) is 0 Å². The van der Waals surface area contributed by atoms with Gasteiger partial charge in [-0.3, -0.25) is 39.2 Å². The average Bonchev–Trinajstić information content (AvgIpc) is 3.49. The summed E-state index contributed by atoms with van der Waals surface area (Å²) >= 11 is 0. The normalized spacial score (nSPS) is 22.0. The van der Waals surface area contributed by atoms with Gasteiger partial charge in [-0.05, 0) is 141 Å². The van der Waals surface area contributed by atoms with E-state index in [0.29, 0.717) is 23.7 Å². The number of likely N-dealkylation sites (tertiary alicyclic amines) is 1. The Bertz CT molecular complexity index is 2290. The topological polar surface area (TPSA) is 143 Å². The van der Waals surface area contributed by atoms with E-state index in [1.807, 2.05) is 42.5 Å². The van der Waals surface area contributed by atoms with E-state index in [9.17, 15) is 29.4 Å². The maximum atomic E-state index is 13.5. The number of nitrogens with zero attached hydrogens (tertiary/aromatic N) is 4. The quantitative estimate of drug-likeness (QED) is 0.106. The predicted molar refractivity (Wildman–Crippen MR) is 234 cm³/mol. The van der Waals surface area contributed by atoms with Crippen molar-refractivity contribution in [1.29, 1.82) is 0 Å². The van der Waals surface area contributed by atoms with Crippen molar-refractivity contribution in [2.24, 2.45) is 5.92 Å². The van der Waals surface area contributed by atoms with E-state index in [1.54, 1.807) is 36.4 Å². The molecule has 4 aliphatic rings. The lowest BCUT2D eigenvalue weighted by molar-refractivity contribution is -0.136. The van der Waals surface area contributed by atoms with Crippen molar-refractivity contribution in [2.75, 3.05) is 50.8 Å². The molecule has 3 saturated heterocycles. The number of nitrogens with one attached hydrogen (secondary N) is 1. The number of ether oxygens (including phenoxy) is 1. The van der Waals surface area contributed by atoms with Crippen molar-refractivity contribution < 1.29 is 34.1 Å². The molecular weight excluding hydrogens is 771 g/mol. The molecule has 3 unspecified atom stereocenters. The van der Waals surface area contributed by atoms with Crippen LogP contribution in [0.5, 0.6) is 17.2 Å². The Kier molecular flexibility index (Phi) is 12.3. The lowest BCUT2D eigenvalue weighted by Crippen LogP contribution is -2.58. The van der Waals surface area contributed by atoms with Crippen molar-refractivity contribution in [2.45, 2.75) is 71.0 Å². The summed E-state index contributed by atoms with van der Waals surface area (Å²) in [6.07, 6.45) is 3.28. The van der Waals surface area contributed by atoms with Crippen molar-refractivity contribution in [3.63, 3.8) is 0 Å². The Balaban J connectivity index is 0.816. The summed E-state index contributed by atoms with van der Waals surface area (Å²) in [6, 6.07) is 27.6. The first kappa shape index (κ1) is 41.7. The summed E-state index contributed by atoms with van der Waals surface area (Å²) in [6.45, 7) is 12.9. The Morgan fingerprint density at radius 1 is 0.721 bits per heavy atom. The minimum Gasteiger partial charge on any atom is -0.508 e. The van der Waals surface area contributed by atoms with Gasteiger partial charge in [-0.15, -0.1) is 0 Å². The number of carbonyl (C=O) groups is 4. The fourth-order valence-corrected chi connectivity index (χ4v) is 9.81. The summed E-state index contributed by atoms with van der Waals surface area (Å²) in [5.41, 5.74) is 6.81. The van der Waals surface area contributed by atoms with Crippen molar-refractivity contribution >= 4 is 40.5 Å². The van der Waals surface area contributed by atoms with Gasteiger partial charge in [0.15, 0.2) is 0 Å². The first-order valence-electron chi connectivity index (χ1n) is 21.6. The van der Waals surface area contributed by atoms with Crippen molar-refractivity contribution in [3.05, 3.63) is 119 Å². The van der Waals surface area contributed by atoms with Crippen LogP contribution in [-0.2, 0) is 9.59 Å². The lowest BCUT2D eigenvalue weighted by Gasteiger charge is -2.47. The minimum absolute atomic E-state index is 0.0921. The number of hydrogen-bond acceptors (Lipinski definition) is 10. The van der Waals surface area contributed by atoms with Crippen LogP contribution in [-0.4, -0.2) is 113 Å². The third-order valence-corrected chi connectivity index (χ3v) is 12.8. The molecule has 4 aliphatic heterocycles. The van der Waals surface area contributed by atoms with Crippen LogP contribution >= 0.6 is 0 Å². The maximum absolute atomic E-state index is 13.5. The Hall–Kier alpha value is -5.98. The molecule has 12 nitrogen and oxygen atoms in total. The number of aromatic hydroxyl groups is 2. The first-order chi connectivity index (χ1) is 29.5. The summed E-state index contributed by atoms with van der Waals surface area (Å²) in [5.74, 6) is -0.0755. The van der Waals surface area contributed by atoms with Crippen LogP contribution in [0, 0.1) is 5.92 Å². The number of anilines is 1. The molecule has 4 amide bonds.